The monoisotopic (exact) mass is 232 g/mol. The van der Waals surface area contributed by atoms with Gasteiger partial charge in [0.05, 0.1) is 11.6 Å². The van der Waals surface area contributed by atoms with E-state index in [0.717, 1.165) is 24.9 Å². The molecule has 1 aromatic rings. The van der Waals surface area contributed by atoms with Gasteiger partial charge in [-0.2, -0.15) is 0 Å². The number of rotatable bonds is 3. The van der Waals surface area contributed by atoms with Crippen molar-refractivity contribution >= 4 is 5.91 Å². The third kappa shape index (κ3) is 2.86. The van der Waals surface area contributed by atoms with E-state index in [2.05, 4.69) is 10.6 Å². The topological polar surface area (TPSA) is 41.1 Å². The van der Waals surface area contributed by atoms with Crippen LogP contribution in [0.1, 0.15) is 32.3 Å². The van der Waals surface area contributed by atoms with Crippen LogP contribution in [0.25, 0.3) is 0 Å². The molecule has 2 N–H and O–H groups in total. The highest BCUT2D eigenvalue weighted by Crippen LogP contribution is 2.20. The SMILES string of the molecule is CC(C)(NC(=O)[C@H]1CCCN1)c1ccccc1. The summed E-state index contributed by atoms with van der Waals surface area (Å²) in [6, 6.07) is 10.1. The van der Waals surface area contributed by atoms with Gasteiger partial charge < -0.3 is 10.6 Å². The van der Waals surface area contributed by atoms with Crippen molar-refractivity contribution in [3.05, 3.63) is 35.9 Å². The second kappa shape index (κ2) is 4.88. The van der Waals surface area contributed by atoms with E-state index in [-0.39, 0.29) is 17.5 Å². The molecule has 1 atom stereocenters. The molecule has 0 bridgehead atoms. The van der Waals surface area contributed by atoms with Crippen LogP contribution in [0.4, 0.5) is 0 Å². The highest BCUT2D eigenvalue weighted by molar-refractivity contribution is 5.82. The van der Waals surface area contributed by atoms with E-state index in [1.807, 2.05) is 44.2 Å². The maximum Gasteiger partial charge on any atom is 0.237 e. The van der Waals surface area contributed by atoms with Crippen molar-refractivity contribution in [1.82, 2.24) is 10.6 Å². The van der Waals surface area contributed by atoms with Gasteiger partial charge in [0, 0.05) is 0 Å². The first-order valence-electron chi connectivity index (χ1n) is 6.20. The van der Waals surface area contributed by atoms with E-state index < -0.39 is 0 Å². The van der Waals surface area contributed by atoms with E-state index in [4.69, 9.17) is 0 Å². The molecule has 3 heteroatoms. The molecule has 3 nitrogen and oxygen atoms in total. The zero-order chi connectivity index (χ0) is 12.3. The van der Waals surface area contributed by atoms with Crippen LogP contribution in [0.3, 0.4) is 0 Å². The Bertz CT molecular complexity index is 380. The molecule has 0 spiro atoms. The number of carbonyl (C=O) groups excluding carboxylic acids is 1. The van der Waals surface area contributed by atoms with Gasteiger partial charge in [0.15, 0.2) is 0 Å². The third-order valence-corrected chi connectivity index (χ3v) is 3.31. The van der Waals surface area contributed by atoms with Crippen LogP contribution >= 0.6 is 0 Å². The van der Waals surface area contributed by atoms with Gasteiger partial charge in [-0.1, -0.05) is 30.3 Å². The Balaban J connectivity index is 2.04. The Kier molecular flexibility index (Phi) is 3.48. The second-order valence-corrected chi connectivity index (χ2v) is 5.13. The van der Waals surface area contributed by atoms with Crippen LogP contribution in [-0.2, 0) is 10.3 Å². The predicted octanol–water partition coefficient (Wildman–Crippen LogP) is 1.79. The molecule has 1 aromatic carbocycles. The minimum absolute atomic E-state index is 0.0158. The summed E-state index contributed by atoms with van der Waals surface area (Å²) in [5.74, 6) is 0.108. The molecular formula is C14H20N2O. The molecule has 0 unspecified atom stereocenters. The van der Waals surface area contributed by atoms with Gasteiger partial charge in [0.1, 0.15) is 0 Å². The van der Waals surface area contributed by atoms with Gasteiger partial charge in [-0.3, -0.25) is 4.79 Å². The summed E-state index contributed by atoms with van der Waals surface area (Å²) in [6.45, 7) is 5.02. The average Bonchev–Trinajstić information content (AvgIpc) is 2.83. The summed E-state index contributed by atoms with van der Waals surface area (Å²) in [7, 11) is 0. The van der Waals surface area contributed by atoms with E-state index in [0.29, 0.717) is 0 Å². The van der Waals surface area contributed by atoms with Crippen molar-refractivity contribution in [2.45, 2.75) is 38.3 Å². The van der Waals surface area contributed by atoms with Gasteiger partial charge in [-0.25, -0.2) is 0 Å². The minimum Gasteiger partial charge on any atom is -0.346 e. The number of carbonyl (C=O) groups is 1. The lowest BCUT2D eigenvalue weighted by molar-refractivity contribution is -0.124. The first-order valence-corrected chi connectivity index (χ1v) is 6.20. The van der Waals surface area contributed by atoms with Gasteiger partial charge >= 0.3 is 0 Å². The van der Waals surface area contributed by atoms with E-state index in [1.54, 1.807) is 0 Å². The van der Waals surface area contributed by atoms with Crippen molar-refractivity contribution in [3.8, 4) is 0 Å². The number of nitrogens with one attached hydrogen (secondary N) is 2. The van der Waals surface area contributed by atoms with Crippen LogP contribution in [0.5, 0.6) is 0 Å². The van der Waals surface area contributed by atoms with Crippen molar-refractivity contribution in [1.29, 1.82) is 0 Å². The molecule has 0 saturated carbocycles. The molecule has 1 saturated heterocycles. The summed E-state index contributed by atoms with van der Waals surface area (Å²) in [5, 5.41) is 6.33. The smallest absolute Gasteiger partial charge is 0.237 e. The highest BCUT2D eigenvalue weighted by atomic mass is 16.2. The standard InChI is InChI=1S/C14H20N2O/c1-14(2,11-7-4-3-5-8-11)16-13(17)12-9-6-10-15-12/h3-5,7-8,12,15H,6,9-10H2,1-2H3,(H,16,17)/t12-/m1/s1. The molecule has 1 fully saturated rings. The van der Waals surface area contributed by atoms with Crippen molar-refractivity contribution in [2.24, 2.45) is 0 Å². The summed E-state index contributed by atoms with van der Waals surface area (Å²) in [5.41, 5.74) is 0.814. The third-order valence-electron chi connectivity index (χ3n) is 3.31. The Morgan fingerprint density at radius 2 is 2.06 bits per heavy atom. The molecule has 1 aliphatic heterocycles. The van der Waals surface area contributed by atoms with Gasteiger partial charge in [0.2, 0.25) is 5.91 Å². The molecule has 1 amide bonds. The van der Waals surface area contributed by atoms with Crippen LogP contribution in [-0.4, -0.2) is 18.5 Å². The van der Waals surface area contributed by atoms with Gasteiger partial charge in [0.25, 0.3) is 0 Å². The summed E-state index contributed by atoms with van der Waals surface area (Å²) < 4.78 is 0. The summed E-state index contributed by atoms with van der Waals surface area (Å²) in [4.78, 5) is 12.1. The lowest BCUT2D eigenvalue weighted by Gasteiger charge is -2.28. The van der Waals surface area contributed by atoms with Crippen molar-refractivity contribution in [3.63, 3.8) is 0 Å². The minimum atomic E-state index is -0.317. The fourth-order valence-electron chi connectivity index (χ4n) is 2.23. The predicted molar refractivity (Wildman–Crippen MR) is 68.6 cm³/mol. The molecule has 0 aromatic heterocycles. The van der Waals surface area contributed by atoms with E-state index in [1.165, 1.54) is 0 Å². The Morgan fingerprint density at radius 3 is 2.65 bits per heavy atom. The number of hydrogen-bond acceptors (Lipinski definition) is 2. The fourth-order valence-corrected chi connectivity index (χ4v) is 2.23. The van der Waals surface area contributed by atoms with Crippen LogP contribution < -0.4 is 10.6 Å². The van der Waals surface area contributed by atoms with E-state index >= 15 is 0 Å². The Labute approximate surface area is 103 Å². The first-order chi connectivity index (χ1) is 8.09. The Morgan fingerprint density at radius 1 is 1.35 bits per heavy atom. The van der Waals surface area contributed by atoms with Crippen molar-refractivity contribution in [2.75, 3.05) is 6.54 Å². The summed E-state index contributed by atoms with van der Waals surface area (Å²) in [6.07, 6.45) is 2.03. The zero-order valence-corrected chi connectivity index (χ0v) is 10.5. The average molecular weight is 232 g/mol. The molecule has 1 aliphatic rings. The maximum absolute atomic E-state index is 12.1. The van der Waals surface area contributed by atoms with Crippen LogP contribution in [0.15, 0.2) is 30.3 Å². The second-order valence-electron chi connectivity index (χ2n) is 5.13. The molecule has 2 rings (SSSR count). The summed E-state index contributed by atoms with van der Waals surface area (Å²) >= 11 is 0. The lowest BCUT2D eigenvalue weighted by atomic mass is 9.94. The van der Waals surface area contributed by atoms with Crippen LogP contribution in [0.2, 0.25) is 0 Å². The van der Waals surface area contributed by atoms with Crippen molar-refractivity contribution < 1.29 is 4.79 Å². The molecule has 1 heterocycles. The molecule has 0 aliphatic carbocycles. The lowest BCUT2D eigenvalue weighted by Crippen LogP contribution is -2.48. The van der Waals surface area contributed by atoms with Gasteiger partial charge in [-0.05, 0) is 38.8 Å². The van der Waals surface area contributed by atoms with E-state index in [9.17, 15) is 4.79 Å². The normalized spacial score (nSPS) is 20.2. The van der Waals surface area contributed by atoms with Crippen LogP contribution in [0, 0.1) is 0 Å². The molecule has 92 valence electrons. The molecule has 0 radical (unpaired) electrons. The molecule has 17 heavy (non-hydrogen) atoms. The zero-order valence-electron chi connectivity index (χ0n) is 10.5. The maximum atomic E-state index is 12.1. The largest absolute Gasteiger partial charge is 0.346 e. The highest BCUT2D eigenvalue weighted by Gasteiger charge is 2.28. The number of hydrogen-bond donors (Lipinski definition) is 2. The first kappa shape index (κ1) is 12.1. The molecular weight excluding hydrogens is 212 g/mol. The Hall–Kier alpha value is -1.35. The van der Waals surface area contributed by atoms with Gasteiger partial charge in [-0.15, -0.1) is 0 Å². The number of benzene rings is 1. The number of amides is 1. The quantitative estimate of drug-likeness (QED) is 0.834. The fraction of sp³-hybridized carbons (Fsp3) is 0.500.